The van der Waals surface area contributed by atoms with Gasteiger partial charge in [-0.05, 0) is 19.1 Å². The van der Waals surface area contributed by atoms with Crippen LogP contribution in [0.15, 0.2) is 35.5 Å². The summed E-state index contributed by atoms with van der Waals surface area (Å²) in [6.45, 7) is 2.77. The van der Waals surface area contributed by atoms with Crippen LogP contribution < -0.4 is 9.62 Å². The van der Waals surface area contributed by atoms with Crippen molar-refractivity contribution in [2.45, 2.75) is 11.9 Å². The quantitative estimate of drug-likeness (QED) is 0.912. The predicted octanol–water partition coefficient (Wildman–Crippen LogP) is 1.77. The molecule has 0 saturated heterocycles. The summed E-state index contributed by atoms with van der Waals surface area (Å²) < 4.78 is 28.6. The van der Waals surface area contributed by atoms with E-state index in [4.69, 9.17) is 0 Å². The van der Waals surface area contributed by atoms with Crippen molar-refractivity contribution in [3.05, 3.63) is 36.3 Å². The molecule has 0 unspecified atom stereocenters. The van der Waals surface area contributed by atoms with Crippen LogP contribution in [0.1, 0.15) is 5.82 Å². The van der Waals surface area contributed by atoms with Gasteiger partial charge in [-0.3, -0.25) is 4.31 Å². The SMILES string of the molecule is Cc1nc(S(=O)(=O)N2CCNc3ccccc32)cn1C.Cl. The Hall–Kier alpha value is -1.73. The summed E-state index contributed by atoms with van der Waals surface area (Å²) in [5.41, 5.74) is 1.50. The highest BCUT2D eigenvalue weighted by molar-refractivity contribution is 7.92. The van der Waals surface area contributed by atoms with Crippen LogP contribution in [0, 0.1) is 6.92 Å². The Kier molecular flexibility index (Phi) is 4.15. The Labute approximate surface area is 130 Å². The molecule has 2 aromatic rings. The summed E-state index contributed by atoms with van der Waals surface area (Å²) in [5, 5.41) is 3.29. The van der Waals surface area contributed by atoms with Crippen LogP contribution in [0.25, 0.3) is 0 Å². The zero-order valence-electron chi connectivity index (χ0n) is 11.8. The molecular weight excluding hydrogens is 312 g/mol. The predicted molar refractivity (Wildman–Crippen MR) is 84.7 cm³/mol. The molecule has 8 heteroatoms. The van der Waals surface area contributed by atoms with Gasteiger partial charge in [0.1, 0.15) is 5.82 Å². The summed E-state index contributed by atoms with van der Waals surface area (Å²) in [4.78, 5) is 4.14. The number of aryl methyl sites for hydroxylation is 2. The van der Waals surface area contributed by atoms with Crippen LogP contribution >= 0.6 is 12.4 Å². The van der Waals surface area contributed by atoms with Gasteiger partial charge in [-0.25, -0.2) is 4.98 Å². The van der Waals surface area contributed by atoms with Crippen LogP contribution in [-0.2, 0) is 17.1 Å². The third-order valence-corrected chi connectivity index (χ3v) is 5.13. The molecule has 0 saturated carbocycles. The second-order valence-corrected chi connectivity index (χ2v) is 6.57. The number of para-hydroxylation sites is 2. The smallest absolute Gasteiger partial charge is 0.283 e. The monoisotopic (exact) mass is 328 g/mol. The summed E-state index contributed by atoms with van der Waals surface area (Å²) in [6.07, 6.45) is 1.55. The normalized spacial score (nSPS) is 14.1. The van der Waals surface area contributed by atoms with Crippen molar-refractivity contribution >= 4 is 33.8 Å². The lowest BCUT2D eigenvalue weighted by Gasteiger charge is -2.30. The zero-order valence-corrected chi connectivity index (χ0v) is 13.4. The maximum absolute atomic E-state index is 12.7. The molecule has 114 valence electrons. The number of aromatic nitrogens is 2. The average Bonchev–Trinajstić information content (AvgIpc) is 2.79. The van der Waals surface area contributed by atoms with Crippen molar-refractivity contribution in [3.63, 3.8) is 0 Å². The molecule has 1 aliphatic heterocycles. The van der Waals surface area contributed by atoms with E-state index in [0.717, 1.165) is 5.69 Å². The molecule has 21 heavy (non-hydrogen) atoms. The van der Waals surface area contributed by atoms with Crippen molar-refractivity contribution in [1.29, 1.82) is 0 Å². The number of nitrogens with zero attached hydrogens (tertiary/aromatic N) is 3. The number of sulfonamides is 1. The van der Waals surface area contributed by atoms with Gasteiger partial charge in [0.15, 0.2) is 5.03 Å². The fraction of sp³-hybridized carbons (Fsp3) is 0.308. The molecule has 0 spiro atoms. The minimum absolute atomic E-state index is 0. The lowest BCUT2D eigenvalue weighted by Crippen LogP contribution is -2.39. The van der Waals surface area contributed by atoms with Gasteiger partial charge in [-0.2, -0.15) is 8.42 Å². The van der Waals surface area contributed by atoms with E-state index >= 15 is 0 Å². The molecule has 1 aliphatic rings. The number of benzene rings is 1. The van der Waals surface area contributed by atoms with E-state index in [0.29, 0.717) is 24.6 Å². The molecular formula is C13H17ClN4O2S. The molecule has 6 nitrogen and oxygen atoms in total. The van der Waals surface area contributed by atoms with Crippen molar-refractivity contribution in [1.82, 2.24) is 9.55 Å². The Morgan fingerprint density at radius 3 is 2.67 bits per heavy atom. The van der Waals surface area contributed by atoms with Gasteiger partial charge in [0.25, 0.3) is 10.0 Å². The Balaban J connectivity index is 0.00000161. The van der Waals surface area contributed by atoms with Crippen molar-refractivity contribution < 1.29 is 8.42 Å². The first-order chi connectivity index (χ1) is 9.50. The first kappa shape index (κ1) is 15.7. The van der Waals surface area contributed by atoms with E-state index in [1.54, 1.807) is 30.8 Å². The molecule has 0 bridgehead atoms. The number of fused-ring (bicyclic) bond motifs is 1. The van der Waals surface area contributed by atoms with Gasteiger partial charge >= 0.3 is 0 Å². The third kappa shape index (κ3) is 2.58. The number of rotatable bonds is 2. The molecule has 0 amide bonds. The Bertz CT molecular complexity index is 738. The van der Waals surface area contributed by atoms with E-state index in [-0.39, 0.29) is 17.4 Å². The Morgan fingerprint density at radius 1 is 1.29 bits per heavy atom. The molecule has 1 aromatic heterocycles. The van der Waals surface area contributed by atoms with Gasteiger partial charge in [-0.15, -0.1) is 12.4 Å². The fourth-order valence-electron chi connectivity index (χ4n) is 2.27. The maximum Gasteiger partial charge on any atom is 0.283 e. The zero-order chi connectivity index (χ0) is 14.3. The van der Waals surface area contributed by atoms with Crippen molar-refractivity contribution in [2.24, 2.45) is 7.05 Å². The standard InChI is InChI=1S/C13H16N4O2S.ClH/c1-10-15-13(9-16(10)2)20(18,19)17-8-7-14-11-5-3-4-6-12(11)17;/h3-6,9,14H,7-8H2,1-2H3;1H. The van der Waals surface area contributed by atoms with Crippen LogP contribution in [0.4, 0.5) is 11.4 Å². The molecule has 0 aliphatic carbocycles. The van der Waals surface area contributed by atoms with Crippen LogP contribution in [0.3, 0.4) is 0 Å². The number of anilines is 2. The van der Waals surface area contributed by atoms with Gasteiger partial charge in [-0.1, -0.05) is 12.1 Å². The number of halogens is 1. The van der Waals surface area contributed by atoms with Crippen molar-refractivity contribution in [3.8, 4) is 0 Å². The maximum atomic E-state index is 12.7. The fourth-order valence-corrected chi connectivity index (χ4v) is 3.78. The topological polar surface area (TPSA) is 67.2 Å². The largest absolute Gasteiger partial charge is 0.382 e. The Morgan fingerprint density at radius 2 is 2.00 bits per heavy atom. The minimum Gasteiger partial charge on any atom is -0.382 e. The lowest BCUT2D eigenvalue weighted by atomic mass is 10.2. The van der Waals surface area contributed by atoms with Gasteiger partial charge in [0.05, 0.1) is 17.9 Å². The van der Waals surface area contributed by atoms with Crippen LogP contribution in [0.2, 0.25) is 0 Å². The summed E-state index contributed by atoms with van der Waals surface area (Å²) in [6, 6.07) is 7.39. The average molecular weight is 329 g/mol. The number of hydrogen-bond donors (Lipinski definition) is 1. The molecule has 1 N–H and O–H groups in total. The van der Waals surface area contributed by atoms with Crippen LogP contribution in [0.5, 0.6) is 0 Å². The molecule has 0 fully saturated rings. The first-order valence-electron chi connectivity index (χ1n) is 6.36. The second-order valence-electron chi connectivity index (χ2n) is 4.76. The highest BCUT2D eigenvalue weighted by Gasteiger charge is 2.30. The van der Waals surface area contributed by atoms with E-state index in [1.807, 2.05) is 18.2 Å². The lowest BCUT2D eigenvalue weighted by molar-refractivity contribution is 0.587. The summed E-state index contributed by atoms with van der Waals surface area (Å²) in [7, 11) is -1.83. The first-order valence-corrected chi connectivity index (χ1v) is 7.80. The van der Waals surface area contributed by atoms with Gasteiger partial charge in [0.2, 0.25) is 0 Å². The highest BCUT2D eigenvalue weighted by Crippen LogP contribution is 2.32. The number of hydrogen-bond acceptors (Lipinski definition) is 4. The van der Waals surface area contributed by atoms with E-state index in [2.05, 4.69) is 10.3 Å². The van der Waals surface area contributed by atoms with E-state index < -0.39 is 10.0 Å². The highest BCUT2D eigenvalue weighted by atomic mass is 35.5. The summed E-state index contributed by atoms with van der Waals surface area (Å²) >= 11 is 0. The molecule has 0 atom stereocenters. The molecule has 2 heterocycles. The van der Waals surface area contributed by atoms with Crippen molar-refractivity contribution in [2.75, 3.05) is 22.7 Å². The minimum atomic E-state index is -3.62. The molecule has 0 radical (unpaired) electrons. The van der Waals surface area contributed by atoms with Gasteiger partial charge in [0, 0.05) is 19.8 Å². The van der Waals surface area contributed by atoms with E-state index in [1.165, 1.54) is 4.31 Å². The molecule has 3 rings (SSSR count). The van der Waals surface area contributed by atoms with E-state index in [9.17, 15) is 8.42 Å². The second kappa shape index (κ2) is 5.57. The number of nitrogens with one attached hydrogen (secondary N) is 1. The third-order valence-electron chi connectivity index (χ3n) is 3.44. The number of imidazole rings is 1. The molecule has 1 aromatic carbocycles. The van der Waals surface area contributed by atoms with Crippen LogP contribution in [-0.4, -0.2) is 31.1 Å². The van der Waals surface area contributed by atoms with Gasteiger partial charge < -0.3 is 9.88 Å². The summed E-state index contributed by atoms with van der Waals surface area (Å²) in [5.74, 6) is 0.673.